The summed E-state index contributed by atoms with van der Waals surface area (Å²) in [5.74, 6) is -0.0292. The van der Waals surface area contributed by atoms with E-state index >= 15 is 0 Å². The van der Waals surface area contributed by atoms with Crippen LogP contribution in [0.5, 0.6) is 11.5 Å². The molecular formula is C25H32N6O5S. The monoisotopic (exact) mass is 528 g/mol. The average Bonchev–Trinajstić information content (AvgIpc) is 3.29. The Bertz CT molecular complexity index is 1200. The molecule has 2 amide bonds. The summed E-state index contributed by atoms with van der Waals surface area (Å²) in [5.41, 5.74) is 12.9. The molecule has 0 atom stereocenters. The standard InChI is InChI=1S/C25H32N6O5S/c1-4-31(11-13-34-2)12-14-36-20-10-5-16(15-19(20)26)23(33)30-24-21(22(27)32)29-25(37-24)28-17-6-8-18(35-3)9-7-17/h5-10,15H,4,11-14,26H2,1-3H3,(H2,27,32)(H,28,29)(H,30,33). The fourth-order valence-electron chi connectivity index (χ4n) is 3.35. The molecule has 2 aromatic carbocycles. The fraction of sp³-hybridized carbons (Fsp3) is 0.320. The normalized spacial score (nSPS) is 10.8. The molecule has 3 rings (SSSR count). The number of hydrogen-bond acceptors (Lipinski definition) is 10. The first-order chi connectivity index (χ1) is 17.8. The zero-order valence-corrected chi connectivity index (χ0v) is 21.9. The highest BCUT2D eigenvalue weighted by molar-refractivity contribution is 7.20. The van der Waals surface area contributed by atoms with Crippen LogP contribution < -0.4 is 31.6 Å². The van der Waals surface area contributed by atoms with Gasteiger partial charge in [0.2, 0.25) is 0 Å². The average molecular weight is 529 g/mol. The van der Waals surface area contributed by atoms with E-state index in [4.69, 9.17) is 25.7 Å². The van der Waals surface area contributed by atoms with Gasteiger partial charge in [-0.2, -0.15) is 0 Å². The van der Waals surface area contributed by atoms with E-state index in [2.05, 4.69) is 27.4 Å². The first-order valence-electron chi connectivity index (χ1n) is 11.6. The lowest BCUT2D eigenvalue weighted by Gasteiger charge is -2.20. The van der Waals surface area contributed by atoms with Crippen molar-refractivity contribution in [3.05, 3.63) is 53.7 Å². The number of primary amides is 1. The Morgan fingerprint density at radius 3 is 2.43 bits per heavy atom. The quantitative estimate of drug-likeness (QED) is 0.231. The predicted octanol–water partition coefficient (Wildman–Crippen LogP) is 3.18. The van der Waals surface area contributed by atoms with Crippen molar-refractivity contribution < 1.29 is 23.8 Å². The van der Waals surface area contributed by atoms with Crippen LogP contribution >= 0.6 is 11.3 Å². The third-order valence-corrected chi connectivity index (χ3v) is 6.31. The van der Waals surface area contributed by atoms with Crippen molar-refractivity contribution in [2.24, 2.45) is 5.73 Å². The van der Waals surface area contributed by atoms with E-state index in [1.807, 2.05) is 0 Å². The second kappa shape index (κ2) is 13.4. The van der Waals surface area contributed by atoms with Crippen LogP contribution in [0.25, 0.3) is 0 Å². The van der Waals surface area contributed by atoms with Crippen molar-refractivity contribution in [1.82, 2.24) is 9.88 Å². The van der Waals surface area contributed by atoms with E-state index in [1.54, 1.807) is 50.6 Å². The van der Waals surface area contributed by atoms with Crippen LogP contribution in [0.15, 0.2) is 42.5 Å². The number of amides is 2. The van der Waals surface area contributed by atoms with Gasteiger partial charge in [-0.3, -0.25) is 14.5 Å². The number of aromatic nitrogens is 1. The van der Waals surface area contributed by atoms with Gasteiger partial charge in [-0.25, -0.2) is 4.98 Å². The van der Waals surface area contributed by atoms with Gasteiger partial charge in [0.05, 0.1) is 19.4 Å². The minimum atomic E-state index is -0.760. The van der Waals surface area contributed by atoms with Crippen LogP contribution in [0.3, 0.4) is 0 Å². The topological polar surface area (TPSA) is 154 Å². The molecule has 0 unspecified atom stereocenters. The maximum Gasteiger partial charge on any atom is 0.270 e. The van der Waals surface area contributed by atoms with E-state index in [0.717, 1.165) is 36.7 Å². The van der Waals surface area contributed by atoms with Crippen molar-refractivity contribution in [3.63, 3.8) is 0 Å². The number of carbonyl (C=O) groups is 2. The summed E-state index contributed by atoms with van der Waals surface area (Å²) in [4.78, 5) is 31.3. The first kappa shape index (κ1) is 27.7. The van der Waals surface area contributed by atoms with E-state index in [1.165, 1.54) is 6.07 Å². The molecule has 37 heavy (non-hydrogen) atoms. The minimum absolute atomic E-state index is 0.0451. The van der Waals surface area contributed by atoms with Crippen molar-refractivity contribution in [1.29, 1.82) is 0 Å². The van der Waals surface area contributed by atoms with Gasteiger partial charge in [0.15, 0.2) is 10.8 Å². The number of carbonyl (C=O) groups excluding carboxylic acids is 2. The molecule has 1 heterocycles. The molecular weight excluding hydrogens is 496 g/mol. The number of nitrogens with two attached hydrogens (primary N) is 2. The zero-order chi connectivity index (χ0) is 26.8. The van der Waals surface area contributed by atoms with Gasteiger partial charge in [0, 0.05) is 31.5 Å². The predicted molar refractivity (Wildman–Crippen MR) is 145 cm³/mol. The number of benzene rings is 2. The third-order valence-electron chi connectivity index (χ3n) is 5.42. The first-order valence-corrected chi connectivity index (χ1v) is 12.4. The summed E-state index contributed by atoms with van der Waals surface area (Å²) in [5, 5.41) is 6.41. The Kier molecular flexibility index (Phi) is 10.1. The SMILES string of the molecule is CCN(CCOC)CCOc1ccc(C(=O)Nc2sc(Nc3ccc(OC)cc3)nc2C(N)=O)cc1N. The molecule has 0 saturated heterocycles. The molecule has 0 radical (unpaired) electrons. The summed E-state index contributed by atoms with van der Waals surface area (Å²) in [6.45, 7) is 5.57. The van der Waals surface area contributed by atoms with Gasteiger partial charge >= 0.3 is 0 Å². The number of hydrogen-bond donors (Lipinski definition) is 4. The van der Waals surface area contributed by atoms with Crippen molar-refractivity contribution >= 4 is 44.7 Å². The number of likely N-dealkylation sites (N-methyl/N-ethyl adjacent to an activating group) is 1. The highest BCUT2D eigenvalue weighted by atomic mass is 32.1. The molecule has 11 nitrogen and oxygen atoms in total. The molecule has 1 aromatic heterocycles. The molecule has 198 valence electrons. The number of nitrogen functional groups attached to an aromatic ring is 1. The van der Waals surface area contributed by atoms with E-state index in [9.17, 15) is 9.59 Å². The van der Waals surface area contributed by atoms with Gasteiger partial charge in [-0.1, -0.05) is 18.3 Å². The molecule has 0 spiro atoms. The van der Waals surface area contributed by atoms with Crippen molar-refractivity contribution in [3.8, 4) is 11.5 Å². The van der Waals surface area contributed by atoms with Crippen LogP contribution in [0, 0.1) is 0 Å². The largest absolute Gasteiger partial charge is 0.497 e. The second-order valence-electron chi connectivity index (χ2n) is 7.90. The summed E-state index contributed by atoms with van der Waals surface area (Å²) >= 11 is 1.09. The van der Waals surface area contributed by atoms with E-state index in [-0.39, 0.29) is 10.7 Å². The number of methoxy groups -OCH3 is 2. The molecule has 0 bridgehead atoms. The zero-order valence-electron chi connectivity index (χ0n) is 21.1. The number of thiazole rings is 1. The van der Waals surface area contributed by atoms with Gasteiger partial charge in [0.25, 0.3) is 11.8 Å². The number of nitrogens with one attached hydrogen (secondary N) is 2. The van der Waals surface area contributed by atoms with E-state index < -0.39 is 11.8 Å². The number of nitrogens with zero attached hydrogens (tertiary/aromatic N) is 2. The lowest BCUT2D eigenvalue weighted by atomic mass is 10.1. The fourth-order valence-corrected chi connectivity index (χ4v) is 4.24. The lowest BCUT2D eigenvalue weighted by molar-refractivity contribution is 0.0997. The Labute approximate surface area is 219 Å². The van der Waals surface area contributed by atoms with Crippen molar-refractivity contribution in [2.75, 3.05) is 63.4 Å². The molecule has 0 saturated carbocycles. The molecule has 0 aliphatic heterocycles. The molecule has 12 heteroatoms. The number of rotatable bonds is 14. The van der Waals surface area contributed by atoms with Crippen LogP contribution in [-0.2, 0) is 4.74 Å². The maximum atomic E-state index is 12.9. The Morgan fingerprint density at radius 1 is 1.08 bits per heavy atom. The number of anilines is 4. The third kappa shape index (κ3) is 7.81. The molecule has 0 aliphatic carbocycles. The summed E-state index contributed by atoms with van der Waals surface area (Å²) < 4.78 is 16.1. The van der Waals surface area contributed by atoms with Gasteiger partial charge < -0.3 is 36.3 Å². The lowest BCUT2D eigenvalue weighted by Crippen LogP contribution is -2.31. The highest BCUT2D eigenvalue weighted by Gasteiger charge is 2.19. The van der Waals surface area contributed by atoms with Crippen LogP contribution in [0.2, 0.25) is 0 Å². The summed E-state index contributed by atoms with van der Waals surface area (Å²) in [6.07, 6.45) is 0. The van der Waals surface area contributed by atoms with Gasteiger partial charge in [0.1, 0.15) is 23.1 Å². The second-order valence-corrected chi connectivity index (χ2v) is 8.90. The molecule has 0 fully saturated rings. The Hall–Kier alpha value is -3.87. The van der Waals surface area contributed by atoms with Crippen LogP contribution in [0.1, 0.15) is 27.8 Å². The van der Waals surface area contributed by atoms with Gasteiger partial charge in [-0.05, 0) is 49.0 Å². The minimum Gasteiger partial charge on any atom is -0.497 e. The molecule has 3 aromatic rings. The highest BCUT2D eigenvalue weighted by Crippen LogP contribution is 2.32. The van der Waals surface area contributed by atoms with Crippen LogP contribution in [-0.4, -0.2) is 68.8 Å². The summed E-state index contributed by atoms with van der Waals surface area (Å²) in [7, 11) is 3.25. The molecule has 6 N–H and O–H groups in total. The Balaban J connectivity index is 1.65. The van der Waals surface area contributed by atoms with Crippen LogP contribution in [0.4, 0.5) is 21.5 Å². The Morgan fingerprint density at radius 2 is 1.81 bits per heavy atom. The number of ether oxygens (including phenoxy) is 3. The van der Waals surface area contributed by atoms with Crippen molar-refractivity contribution in [2.45, 2.75) is 6.92 Å². The molecule has 0 aliphatic rings. The van der Waals surface area contributed by atoms with E-state index in [0.29, 0.717) is 41.1 Å². The van der Waals surface area contributed by atoms with Gasteiger partial charge in [-0.15, -0.1) is 0 Å². The smallest absolute Gasteiger partial charge is 0.270 e. The maximum absolute atomic E-state index is 12.9. The summed E-state index contributed by atoms with van der Waals surface area (Å²) in [6, 6.07) is 11.9.